The van der Waals surface area contributed by atoms with Crippen molar-refractivity contribution in [1.82, 2.24) is 10.6 Å². The summed E-state index contributed by atoms with van der Waals surface area (Å²) in [5.41, 5.74) is -0.645. The van der Waals surface area contributed by atoms with Gasteiger partial charge in [0.2, 0.25) is 5.91 Å². The lowest BCUT2D eigenvalue weighted by Crippen LogP contribution is -2.49. The van der Waals surface area contributed by atoms with E-state index in [1.54, 1.807) is 12.3 Å². The molecule has 5 heteroatoms. The van der Waals surface area contributed by atoms with Crippen LogP contribution in [-0.4, -0.2) is 29.2 Å². The van der Waals surface area contributed by atoms with Crippen molar-refractivity contribution in [3.63, 3.8) is 0 Å². The van der Waals surface area contributed by atoms with Gasteiger partial charge >= 0.3 is 0 Å². The van der Waals surface area contributed by atoms with Crippen LogP contribution in [0, 0.1) is 0 Å². The molecule has 2 rings (SSSR count). The van der Waals surface area contributed by atoms with Gasteiger partial charge in [-0.3, -0.25) is 4.79 Å². The monoisotopic (exact) mass is 280 g/mol. The second-order valence-corrected chi connectivity index (χ2v) is 5.68. The lowest BCUT2D eigenvalue weighted by Gasteiger charge is -2.33. The van der Waals surface area contributed by atoms with E-state index in [-0.39, 0.29) is 11.9 Å². The standard InChI is InChI=1S/C15H24N2O3/c1-12(14(18)16-10-13-6-5-9-20-13)17-11-15(19)7-3-2-4-8-15/h5-6,9,12,17,19H,2-4,7-8,10-11H2,1H3,(H,16,18). The molecule has 1 aromatic rings. The molecule has 1 aliphatic rings. The molecule has 1 atom stereocenters. The Morgan fingerprint density at radius 1 is 1.45 bits per heavy atom. The largest absolute Gasteiger partial charge is 0.467 e. The Labute approximate surface area is 119 Å². The van der Waals surface area contributed by atoms with Crippen LogP contribution in [-0.2, 0) is 11.3 Å². The minimum absolute atomic E-state index is 0.0826. The van der Waals surface area contributed by atoms with Gasteiger partial charge in [0, 0.05) is 6.54 Å². The van der Waals surface area contributed by atoms with Crippen molar-refractivity contribution >= 4 is 5.91 Å². The maximum Gasteiger partial charge on any atom is 0.237 e. The Kier molecular flexibility index (Phi) is 5.20. The van der Waals surface area contributed by atoms with Crippen LogP contribution < -0.4 is 10.6 Å². The summed E-state index contributed by atoms with van der Waals surface area (Å²) < 4.78 is 5.16. The minimum Gasteiger partial charge on any atom is -0.467 e. The maximum absolute atomic E-state index is 11.9. The third-order valence-corrected chi connectivity index (χ3v) is 3.93. The Hall–Kier alpha value is -1.33. The van der Waals surface area contributed by atoms with E-state index >= 15 is 0 Å². The smallest absolute Gasteiger partial charge is 0.237 e. The molecular formula is C15H24N2O3. The first kappa shape index (κ1) is 15.1. The molecule has 0 saturated heterocycles. The second-order valence-electron chi connectivity index (χ2n) is 5.68. The normalized spacial score (nSPS) is 19.5. The molecule has 0 aromatic carbocycles. The summed E-state index contributed by atoms with van der Waals surface area (Å²) in [5.74, 6) is 0.650. The van der Waals surface area contributed by atoms with E-state index in [0.717, 1.165) is 31.4 Å². The number of carbonyl (C=O) groups excluding carboxylic acids is 1. The minimum atomic E-state index is -0.645. The molecule has 1 heterocycles. The van der Waals surface area contributed by atoms with Crippen molar-refractivity contribution in [1.29, 1.82) is 0 Å². The van der Waals surface area contributed by atoms with E-state index in [1.807, 2.05) is 13.0 Å². The lowest BCUT2D eigenvalue weighted by molar-refractivity contribution is -0.123. The molecule has 1 aliphatic carbocycles. The number of hydrogen-bond donors (Lipinski definition) is 3. The van der Waals surface area contributed by atoms with E-state index in [0.29, 0.717) is 13.1 Å². The first-order chi connectivity index (χ1) is 9.59. The summed E-state index contributed by atoms with van der Waals surface area (Å²) in [6.07, 6.45) is 6.55. The third kappa shape index (κ3) is 4.35. The Morgan fingerprint density at radius 3 is 2.85 bits per heavy atom. The molecular weight excluding hydrogens is 256 g/mol. The number of rotatable bonds is 6. The SMILES string of the molecule is CC(NCC1(O)CCCCC1)C(=O)NCc1ccco1. The maximum atomic E-state index is 11.9. The van der Waals surface area contributed by atoms with Crippen LogP contribution >= 0.6 is 0 Å². The zero-order valence-corrected chi connectivity index (χ0v) is 12.0. The average Bonchev–Trinajstić information content (AvgIpc) is 2.96. The third-order valence-electron chi connectivity index (χ3n) is 3.93. The predicted molar refractivity (Wildman–Crippen MR) is 76.1 cm³/mol. The van der Waals surface area contributed by atoms with E-state index < -0.39 is 5.60 Å². The van der Waals surface area contributed by atoms with E-state index in [4.69, 9.17) is 4.42 Å². The van der Waals surface area contributed by atoms with Crippen LogP contribution in [0.5, 0.6) is 0 Å². The zero-order chi connectivity index (χ0) is 14.4. The number of furan rings is 1. The Bertz CT molecular complexity index is 411. The van der Waals surface area contributed by atoms with E-state index in [1.165, 1.54) is 6.42 Å². The highest BCUT2D eigenvalue weighted by Crippen LogP contribution is 2.27. The first-order valence-corrected chi connectivity index (χ1v) is 7.35. The van der Waals surface area contributed by atoms with E-state index in [9.17, 15) is 9.90 Å². The van der Waals surface area contributed by atoms with Gasteiger partial charge in [0.1, 0.15) is 5.76 Å². The molecule has 1 unspecified atom stereocenters. The van der Waals surface area contributed by atoms with E-state index in [2.05, 4.69) is 10.6 Å². The summed E-state index contributed by atoms with van der Waals surface area (Å²) >= 11 is 0. The van der Waals surface area contributed by atoms with Gasteiger partial charge in [0.05, 0.1) is 24.5 Å². The lowest BCUT2D eigenvalue weighted by atomic mass is 9.85. The van der Waals surface area contributed by atoms with Gasteiger partial charge in [-0.1, -0.05) is 19.3 Å². The van der Waals surface area contributed by atoms with Crippen LogP contribution in [0.1, 0.15) is 44.8 Å². The first-order valence-electron chi connectivity index (χ1n) is 7.35. The van der Waals surface area contributed by atoms with Gasteiger partial charge in [-0.05, 0) is 31.9 Å². The van der Waals surface area contributed by atoms with Gasteiger partial charge in [-0.2, -0.15) is 0 Å². The van der Waals surface area contributed by atoms with Crippen molar-refractivity contribution in [3.05, 3.63) is 24.2 Å². The van der Waals surface area contributed by atoms with Crippen LogP contribution in [0.25, 0.3) is 0 Å². The van der Waals surface area contributed by atoms with Crippen molar-refractivity contribution < 1.29 is 14.3 Å². The fourth-order valence-electron chi connectivity index (χ4n) is 2.56. The molecule has 1 amide bonds. The molecule has 0 aliphatic heterocycles. The highest BCUT2D eigenvalue weighted by atomic mass is 16.3. The Morgan fingerprint density at radius 2 is 2.20 bits per heavy atom. The van der Waals surface area contributed by atoms with Crippen molar-refractivity contribution in [2.75, 3.05) is 6.54 Å². The van der Waals surface area contributed by atoms with Crippen molar-refractivity contribution in [2.45, 2.75) is 57.2 Å². The molecule has 3 N–H and O–H groups in total. The number of carbonyl (C=O) groups is 1. The summed E-state index contributed by atoms with van der Waals surface area (Å²) in [4.78, 5) is 11.9. The fraction of sp³-hybridized carbons (Fsp3) is 0.667. The molecule has 1 fully saturated rings. The summed E-state index contributed by atoms with van der Waals surface area (Å²) in [6, 6.07) is 3.29. The van der Waals surface area contributed by atoms with Gasteiger partial charge in [0.25, 0.3) is 0 Å². The van der Waals surface area contributed by atoms with Crippen molar-refractivity contribution in [3.8, 4) is 0 Å². The molecule has 112 valence electrons. The van der Waals surface area contributed by atoms with Gasteiger partial charge in [-0.25, -0.2) is 0 Å². The number of hydrogen-bond acceptors (Lipinski definition) is 4. The van der Waals surface area contributed by atoms with Crippen LogP contribution in [0.3, 0.4) is 0 Å². The second kappa shape index (κ2) is 6.90. The summed E-state index contributed by atoms with van der Waals surface area (Å²) in [5, 5.41) is 16.3. The van der Waals surface area contributed by atoms with Gasteiger partial charge in [-0.15, -0.1) is 0 Å². The quantitative estimate of drug-likeness (QED) is 0.739. The predicted octanol–water partition coefficient (Wildman–Crippen LogP) is 1.57. The molecule has 5 nitrogen and oxygen atoms in total. The molecule has 0 bridgehead atoms. The Balaban J connectivity index is 1.70. The highest BCUT2D eigenvalue weighted by molar-refractivity contribution is 5.81. The van der Waals surface area contributed by atoms with Gasteiger partial charge < -0.3 is 20.2 Å². The van der Waals surface area contributed by atoms with Crippen LogP contribution in [0.2, 0.25) is 0 Å². The zero-order valence-electron chi connectivity index (χ0n) is 12.0. The molecule has 1 aromatic heterocycles. The summed E-state index contributed by atoms with van der Waals surface area (Å²) in [6.45, 7) is 2.67. The number of nitrogens with one attached hydrogen (secondary N) is 2. The fourth-order valence-corrected chi connectivity index (χ4v) is 2.56. The molecule has 0 spiro atoms. The van der Waals surface area contributed by atoms with Crippen LogP contribution in [0.15, 0.2) is 22.8 Å². The summed E-state index contributed by atoms with van der Waals surface area (Å²) in [7, 11) is 0. The average molecular weight is 280 g/mol. The molecule has 0 radical (unpaired) electrons. The number of aliphatic hydroxyl groups is 1. The highest BCUT2D eigenvalue weighted by Gasteiger charge is 2.29. The van der Waals surface area contributed by atoms with Gasteiger partial charge in [0.15, 0.2) is 0 Å². The molecule has 20 heavy (non-hydrogen) atoms. The van der Waals surface area contributed by atoms with Crippen molar-refractivity contribution in [2.24, 2.45) is 0 Å². The van der Waals surface area contributed by atoms with Crippen LogP contribution in [0.4, 0.5) is 0 Å². The topological polar surface area (TPSA) is 74.5 Å². The number of amides is 1. The molecule has 1 saturated carbocycles.